The molecule has 162 valence electrons. The number of carbonyl (C=O) groups is 2. The summed E-state index contributed by atoms with van der Waals surface area (Å²) in [6.45, 7) is 4.02. The van der Waals surface area contributed by atoms with Crippen molar-refractivity contribution in [3.05, 3.63) is 32.9 Å². The average molecular weight is 452 g/mol. The van der Waals surface area contributed by atoms with Crippen LogP contribution in [-0.4, -0.2) is 53.8 Å². The van der Waals surface area contributed by atoms with Crippen molar-refractivity contribution in [2.75, 3.05) is 22.6 Å². The van der Waals surface area contributed by atoms with Crippen LogP contribution in [0.3, 0.4) is 0 Å². The van der Waals surface area contributed by atoms with E-state index < -0.39 is 5.97 Å². The van der Waals surface area contributed by atoms with Crippen LogP contribution in [0.4, 0.5) is 5.82 Å². The molecule has 1 atom stereocenters. The number of nitrogens with one attached hydrogen (secondary N) is 2. The first kappa shape index (κ1) is 21.1. The van der Waals surface area contributed by atoms with Crippen molar-refractivity contribution in [1.29, 1.82) is 0 Å². The molecule has 0 bridgehead atoms. The van der Waals surface area contributed by atoms with Crippen molar-refractivity contribution in [3.8, 4) is 0 Å². The molecule has 2 aliphatic heterocycles. The number of aromatic amines is 1. The van der Waals surface area contributed by atoms with Crippen molar-refractivity contribution in [2.45, 2.75) is 50.9 Å². The molecular weight excluding hydrogens is 426 g/mol. The minimum absolute atomic E-state index is 0.0266. The van der Waals surface area contributed by atoms with Gasteiger partial charge in [-0.3, -0.25) is 28.8 Å². The Hall–Kier alpha value is -2.14. The van der Waals surface area contributed by atoms with Crippen LogP contribution in [0, 0.1) is 13.8 Å². The first-order valence-electron chi connectivity index (χ1n) is 9.96. The number of rotatable bonds is 5. The van der Waals surface area contributed by atoms with Gasteiger partial charge in [0.15, 0.2) is 0 Å². The minimum atomic E-state index is -0.885. The Labute approximate surface area is 182 Å². The fourth-order valence-electron chi connectivity index (χ4n) is 4.20. The molecule has 0 saturated carbocycles. The number of carboxylic acid groups (broad SMARTS) is 1. The van der Waals surface area contributed by atoms with Crippen molar-refractivity contribution < 1.29 is 14.7 Å². The molecule has 2 aromatic heterocycles. The maximum Gasteiger partial charge on any atom is 0.305 e. The number of fused-ring (bicyclic) bond motifs is 1. The molecule has 4 rings (SSSR count). The van der Waals surface area contributed by atoms with E-state index in [1.54, 1.807) is 4.68 Å². The quantitative estimate of drug-likeness (QED) is 0.638. The lowest BCUT2D eigenvalue weighted by Crippen LogP contribution is -2.22. The molecule has 0 aliphatic carbocycles. The van der Waals surface area contributed by atoms with Crippen molar-refractivity contribution in [1.82, 2.24) is 19.6 Å². The third-order valence-corrected chi connectivity index (χ3v) is 7.94. The molecule has 0 spiro atoms. The van der Waals surface area contributed by atoms with Crippen LogP contribution in [0.2, 0.25) is 0 Å². The summed E-state index contributed by atoms with van der Waals surface area (Å²) in [4.78, 5) is 36.5. The molecule has 0 radical (unpaired) electrons. The number of hydrogen-bond acceptors (Lipinski definition) is 6. The maximum absolute atomic E-state index is 13.1. The van der Waals surface area contributed by atoms with E-state index in [9.17, 15) is 14.4 Å². The summed E-state index contributed by atoms with van der Waals surface area (Å²) in [5.41, 5.74) is 2.81. The monoisotopic (exact) mass is 451 g/mol. The molecule has 1 saturated heterocycles. The summed E-state index contributed by atoms with van der Waals surface area (Å²) in [5, 5.41) is 19.1. The van der Waals surface area contributed by atoms with Gasteiger partial charge < -0.3 is 10.4 Å². The molecule has 11 heteroatoms. The van der Waals surface area contributed by atoms with Crippen molar-refractivity contribution >= 4 is 41.2 Å². The van der Waals surface area contributed by atoms with Gasteiger partial charge >= 0.3 is 5.97 Å². The summed E-state index contributed by atoms with van der Waals surface area (Å²) >= 11 is 3.31. The van der Waals surface area contributed by atoms with Crippen LogP contribution in [0.15, 0.2) is 4.79 Å². The summed E-state index contributed by atoms with van der Waals surface area (Å²) in [5.74, 6) is 1.84. The zero-order valence-electron chi connectivity index (χ0n) is 16.9. The van der Waals surface area contributed by atoms with Gasteiger partial charge in [0.1, 0.15) is 5.82 Å². The fourth-order valence-corrected chi connectivity index (χ4v) is 6.56. The highest BCUT2D eigenvalue weighted by molar-refractivity contribution is 8.00. The highest BCUT2D eigenvalue weighted by Gasteiger charge is 2.35. The van der Waals surface area contributed by atoms with E-state index in [1.165, 1.54) is 11.8 Å². The predicted octanol–water partition coefficient (Wildman–Crippen LogP) is 2.31. The van der Waals surface area contributed by atoms with Crippen LogP contribution >= 0.6 is 23.5 Å². The standard InChI is InChI=1S/C19H25N5O4S2/c1-10-15(11(2)23(21-10)6-3-14(26)27)17-16-18(20-13(25)9-30-17)24(22-19(16)28)12-4-7-29-8-5-12/h12,17H,3-9H2,1-2H3,(H,20,25)(H,22,28)(H,26,27). The van der Waals surface area contributed by atoms with Gasteiger partial charge in [-0.2, -0.15) is 16.9 Å². The van der Waals surface area contributed by atoms with Crippen molar-refractivity contribution in [2.24, 2.45) is 0 Å². The second-order valence-corrected chi connectivity index (χ2v) is 9.93. The second kappa shape index (κ2) is 8.54. The Bertz CT molecular complexity index is 1030. The van der Waals surface area contributed by atoms with Gasteiger partial charge in [-0.15, -0.1) is 11.8 Å². The van der Waals surface area contributed by atoms with Gasteiger partial charge in [-0.25, -0.2) is 0 Å². The van der Waals surface area contributed by atoms with E-state index >= 15 is 0 Å². The summed E-state index contributed by atoms with van der Waals surface area (Å²) in [6, 6.07) is 0.159. The number of hydrogen-bond donors (Lipinski definition) is 3. The number of aliphatic carboxylic acids is 1. The Morgan fingerprint density at radius 3 is 2.67 bits per heavy atom. The number of aromatic nitrogens is 4. The molecule has 9 nitrogen and oxygen atoms in total. The number of thioether (sulfide) groups is 2. The topological polar surface area (TPSA) is 122 Å². The molecule has 1 unspecified atom stereocenters. The van der Waals surface area contributed by atoms with Crippen LogP contribution in [0.1, 0.15) is 53.1 Å². The summed E-state index contributed by atoms with van der Waals surface area (Å²) in [6.07, 6.45) is 1.86. The highest BCUT2D eigenvalue weighted by atomic mass is 32.2. The van der Waals surface area contributed by atoms with Gasteiger partial charge in [0.25, 0.3) is 5.56 Å². The molecule has 2 aliphatic rings. The van der Waals surface area contributed by atoms with Gasteiger partial charge in [-0.1, -0.05) is 0 Å². The van der Waals surface area contributed by atoms with Crippen molar-refractivity contribution in [3.63, 3.8) is 0 Å². The van der Waals surface area contributed by atoms with Gasteiger partial charge in [0.05, 0.1) is 41.3 Å². The second-order valence-electron chi connectivity index (χ2n) is 7.61. The SMILES string of the molecule is Cc1nn(CCC(=O)O)c(C)c1C1SCC(=O)Nc2c1c(=O)[nH]n2C1CCSCC1. The molecule has 3 N–H and O–H groups in total. The van der Waals surface area contributed by atoms with E-state index in [2.05, 4.69) is 15.5 Å². The summed E-state index contributed by atoms with van der Waals surface area (Å²) in [7, 11) is 0. The van der Waals surface area contributed by atoms with E-state index in [4.69, 9.17) is 5.11 Å². The fraction of sp³-hybridized carbons (Fsp3) is 0.579. The largest absolute Gasteiger partial charge is 0.481 e. The number of nitrogens with zero attached hydrogens (tertiary/aromatic N) is 3. The molecule has 2 aromatic rings. The third-order valence-electron chi connectivity index (χ3n) is 5.66. The first-order chi connectivity index (χ1) is 14.4. The van der Waals surface area contributed by atoms with Crippen LogP contribution in [0.25, 0.3) is 0 Å². The molecule has 1 amide bonds. The minimum Gasteiger partial charge on any atom is -0.481 e. The first-order valence-corrected chi connectivity index (χ1v) is 12.2. The lowest BCUT2D eigenvalue weighted by atomic mass is 10.0. The van der Waals surface area contributed by atoms with Crippen LogP contribution in [0.5, 0.6) is 0 Å². The van der Waals surface area contributed by atoms with Gasteiger partial charge in [0, 0.05) is 11.3 Å². The summed E-state index contributed by atoms with van der Waals surface area (Å²) < 4.78 is 3.54. The Balaban J connectivity index is 1.78. The highest BCUT2D eigenvalue weighted by Crippen LogP contribution is 2.43. The predicted molar refractivity (Wildman–Crippen MR) is 118 cm³/mol. The molecular formula is C19H25N5O4S2. The lowest BCUT2D eigenvalue weighted by Gasteiger charge is -2.24. The molecule has 4 heterocycles. The number of carboxylic acids is 1. The third kappa shape index (κ3) is 3.92. The zero-order valence-corrected chi connectivity index (χ0v) is 18.6. The van der Waals surface area contributed by atoms with E-state index in [1.807, 2.05) is 30.3 Å². The molecule has 1 fully saturated rings. The number of amides is 1. The smallest absolute Gasteiger partial charge is 0.305 e. The van der Waals surface area contributed by atoms with E-state index in [0.29, 0.717) is 11.4 Å². The Morgan fingerprint density at radius 2 is 1.97 bits per heavy atom. The Kier molecular flexibility index (Phi) is 6.01. The van der Waals surface area contributed by atoms with E-state index in [-0.39, 0.29) is 41.5 Å². The van der Waals surface area contributed by atoms with Crippen LogP contribution < -0.4 is 10.9 Å². The number of aryl methyl sites for hydroxylation is 2. The maximum atomic E-state index is 13.1. The normalized spacial score (nSPS) is 19.9. The zero-order chi connectivity index (χ0) is 21.4. The lowest BCUT2D eigenvalue weighted by molar-refractivity contribution is -0.137. The number of carbonyl (C=O) groups excluding carboxylic acids is 1. The Morgan fingerprint density at radius 1 is 1.23 bits per heavy atom. The average Bonchev–Trinajstić information content (AvgIpc) is 3.11. The van der Waals surface area contributed by atoms with E-state index in [0.717, 1.165) is 41.3 Å². The molecule has 30 heavy (non-hydrogen) atoms. The number of H-pyrrole nitrogens is 1. The van der Waals surface area contributed by atoms with Gasteiger partial charge in [0.2, 0.25) is 5.91 Å². The number of anilines is 1. The van der Waals surface area contributed by atoms with Crippen LogP contribution in [-0.2, 0) is 16.1 Å². The molecule has 0 aromatic carbocycles. The van der Waals surface area contributed by atoms with Gasteiger partial charge in [-0.05, 0) is 38.2 Å².